The number of aliphatic hydroxyl groups is 1. The molecule has 0 aromatic carbocycles. The van der Waals surface area contributed by atoms with Crippen molar-refractivity contribution in [2.24, 2.45) is 5.73 Å². The third-order valence-electron chi connectivity index (χ3n) is 1.68. The number of carbonyl (C=O) groups excluding carboxylic acids is 1. The highest BCUT2D eigenvalue weighted by atomic mass is 16.3. The number of nitrogens with one attached hydrogen (secondary N) is 2. The molecule has 0 saturated heterocycles. The Labute approximate surface area is 76.4 Å². The summed E-state index contributed by atoms with van der Waals surface area (Å²) in [5.41, 5.74) is 5.68. The van der Waals surface area contributed by atoms with E-state index in [-0.39, 0.29) is 5.91 Å². The maximum atomic E-state index is 11.2. The lowest BCUT2D eigenvalue weighted by Gasteiger charge is -2.28. The van der Waals surface area contributed by atoms with E-state index in [4.69, 9.17) is 5.73 Å². The van der Waals surface area contributed by atoms with E-state index in [0.29, 0.717) is 18.8 Å². The summed E-state index contributed by atoms with van der Waals surface area (Å²) in [6.07, 6.45) is 0.593. The second-order valence-electron chi connectivity index (χ2n) is 2.77. The molecule has 6 nitrogen and oxygen atoms in total. The van der Waals surface area contributed by atoms with Gasteiger partial charge in [0.25, 0.3) is 5.91 Å². The Hall–Kier alpha value is -1.27. The lowest BCUT2D eigenvalue weighted by molar-refractivity contribution is -0.125. The molecule has 0 radical (unpaired) electrons. The number of carbonyl (C=O) groups is 1. The van der Waals surface area contributed by atoms with E-state index < -0.39 is 6.35 Å². The van der Waals surface area contributed by atoms with Crippen LogP contribution in [0.15, 0.2) is 11.9 Å². The number of rotatable bonds is 3. The third-order valence-corrected chi connectivity index (χ3v) is 1.68. The van der Waals surface area contributed by atoms with Gasteiger partial charge in [0.1, 0.15) is 5.70 Å². The van der Waals surface area contributed by atoms with E-state index in [1.807, 2.05) is 0 Å². The summed E-state index contributed by atoms with van der Waals surface area (Å²) in [6, 6.07) is 0. The molecule has 1 atom stereocenters. The molecule has 0 aromatic heterocycles. The van der Waals surface area contributed by atoms with Crippen LogP contribution in [0.5, 0.6) is 0 Å². The molecule has 5 N–H and O–H groups in total. The van der Waals surface area contributed by atoms with Crippen LogP contribution in [0.3, 0.4) is 0 Å². The molecule has 1 rings (SSSR count). The molecule has 0 fully saturated rings. The molecule has 0 bridgehead atoms. The average Bonchev–Trinajstić information content (AvgIpc) is 2.09. The summed E-state index contributed by atoms with van der Waals surface area (Å²) in [5.74, 6) is -0.320. The second kappa shape index (κ2) is 4.11. The molecule has 1 aliphatic heterocycles. The van der Waals surface area contributed by atoms with Crippen LogP contribution in [0, 0.1) is 0 Å². The van der Waals surface area contributed by atoms with E-state index in [9.17, 15) is 9.90 Å². The first-order valence-electron chi connectivity index (χ1n) is 4.02. The minimum Gasteiger partial charge on any atom is -0.378 e. The highest BCUT2D eigenvalue weighted by Gasteiger charge is 2.21. The van der Waals surface area contributed by atoms with Gasteiger partial charge in [-0.2, -0.15) is 0 Å². The molecule has 1 aliphatic rings. The van der Waals surface area contributed by atoms with Crippen molar-refractivity contribution in [1.82, 2.24) is 15.5 Å². The average molecular weight is 186 g/mol. The summed E-state index contributed by atoms with van der Waals surface area (Å²) >= 11 is 0. The summed E-state index contributed by atoms with van der Waals surface area (Å²) in [5, 5.41) is 14.4. The van der Waals surface area contributed by atoms with Gasteiger partial charge in [0.15, 0.2) is 0 Å². The van der Waals surface area contributed by atoms with Crippen LogP contribution in [0.4, 0.5) is 0 Å². The molecule has 0 unspecified atom stereocenters. The van der Waals surface area contributed by atoms with Crippen LogP contribution in [0.2, 0.25) is 0 Å². The molecular weight excluding hydrogens is 172 g/mol. The lowest BCUT2D eigenvalue weighted by Crippen LogP contribution is -2.51. The fourth-order valence-electron chi connectivity index (χ4n) is 0.962. The minimum absolute atomic E-state index is 0.320. The fourth-order valence-corrected chi connectivity index (χ4v) is 0.962. The van der Waals surface area contributed by atoms with Crippen molar-refractivity contribution in [3.8, 4) is 0 Å². The third kappa shape index (κ3) is 2.33. The first-order chi connectivity index (χ1) is 6.15. The summed E-state index contributed by atoms with van der Waals surface area (Å²) in [6.45, 7) is 0.986. The molecule has 0 aliphatic carbocycles. The zero-order chi connectivity index (χ0) is 9.84. The smallest absolute Gasteiger partial charge is 0.272 e. The van der Waals surface area contributed by atoms with Crippen molar-refractivity contribution >= 4 is 5.91 Å². The number of hydrogen-bond donors (Lipinski definition) is 4. The topological polar surface area (TPSA) is 90.6 Å². The molecule has 13 heavy (non-hydrogen) atoms. The molecular formula is C7H14N4O2. The van der Waals surface area contributed by atoms with Crippen molar-refractivity contribution in [2.75, 3.05) is 20.1 Å². The van der Waals surface area contributed by atoms with Gasteiger partial charge in [-0.3, -0.25) is 4.79 Å². The second-order valence-corrected chi connectivity index (χ2v) is 2.77. The first-order valence-corrected chi connectivity index (χ1v) is 4.02. The highest BCUT2D eigenvalue weighted by molar-refractivity contribution is 5.93. The zero-order valence-corrected chi connectivity index (χ0v) is 7.45. The molecule has 0 spiro atoms. The SMILES string of the molecule is CN1C=C(NCCN)C(=O)N[C@@H]1O. The van der Waals surface area contributed by atoms with Gasteiger partial charge in [-0.05, 0) is 0 Å². The highest BCUT2D eigenvalue weighted by Crippen LogP contribution is 2.02. The van der Waals surface area contributed by atoms with Gasteiger partial charge in [0, 0.05) is 26.3 Å². The molecule has 1 amide bonds. The number of nitrogens with zero attached hydrogens (tertiary/aromatic N) is 1. The van der Waals surface area contributed by atoms with Crippen molar-refractivity contribution in [3.63, 3.8) is 0 Å². The van der Waals surface area contributed by atoms with E-state index >= 15 is 0 Å². The van der Waals surface area contributed by atoms with Crippen molar-refractivity contribution in [1.29, 1.82) is 0 Å². The number of amides is 1. The van der Waals surface area contributed by atoms with E-state index in [1.54, 1.807) is 13.2 Å². The standard InChI is InChI=1S/C7H14N4O2/c1-11-4-5(9-3-2-8)6(12)10-7(11)13/h4,7,9,13H,2-3,8H2,1H3,(H,10,12)/t7-/m0/s1. The van der Waals surface area contributed by atoms with Crippen LogP contribution in [-0.2, 0) is 4.79 Å². The Morgan fingerprint density at radius 3 is 3.15 bits per heavy atom. The minimum atomic E-state index is -0.948. The zero-order valence-electron chi connectivity index (χ0n) is 7.45. The van der Waals surface area contributed by atoms with Gasteiger partial charge < -0.3 is 26.4 Å². The largest absolute Gasteiger partial charge is 0.378 e. The maximum absolute atomic E-state index is 11.2. The molecule has 74 valence electrons. The van der Waals surface area contributed by atoms with Gasteiger partial charge in [-0.25, -0.2) is 0 Å². The van der Waals surface area contributed by atoms with E-state index in [0.717, 1.165) is 0 Å². The fraction of sp³-hybridized carbons (Fsp3) is 0.571. The van der Waals surface area contributed by atoms with Crippen LogP contribution in [0.1, 0.15) is 0 Å². The van der Waals surface area contributed by atoms with E-state index in [1.165, 1.54) is 4.90 Å². The predicted octanol–water partition coefficient (Wildman–Crippen LogP) is -2.29. The number of hydrogen-bond acceptors (Lipinski definition) is 5. The monoisotopic (exact) mass is 186 g/mol. The summed E-state index contributed by atoms with van der Waals surface area (Å²) < 4.78 is 0. The Balaban J connectivity index is 2.61. The molecule has 1 heterocycles. The predicted molar refractivity (Wildman–Crippen MR) is 47.1 cm³/mol. The van der Waals surface area contributed by atoms with Gasteiger partial charge in [-0.1, -0.05) is 0 Å². The van der Waals surface area contributed by atoms with Gasteiger partial charge in [0.2, 0.25) is 6.35 Å². The summed E-state index contributed by atoms with van der Waals surface area (Å²) in [4.78, 5) is 12.7. The Morgan fingerprint density at radius 1 is 1.85 bits per heavy atom. The van der Waals surface area contributed by atoms with Crippen LogP contribution < -0.4 is 16.4 Å². The van der Waals surface area contributed by atoms with E-state index in [2.05, 4.69) is 10.6 Å². The Bertz CT molecular complexity index is 229. The normalized spacial score (nSPS) is 22.4. The number of nitrogens with two attached hydrogens (primary N) is 1. The molecule has 6 heteroatoms. The maximum Gasteiger partial charge on any atom is 0.272 e. The van der Waals surface area contributed by atoms with Gasteiger partial charge in [0.05, 0.1) is 0 Å². The van der Waals surface area contributed by atoms with Crippen molar-refractivity contribution in [2.45, 2.75) is 6.35 Å². The lowest BCUT2D eigenvalue weighted by atomic mass is 10.3. The van der Waals surface area contributed by atoms with Crippen LogP contribution in [-0.4, -0.2) is 42.4 Å². The first kappa shape index (κ1) is 9.82. The van der Waals surface area contributed by atoms with Crippen LogP contribution >= 0.6 is 0 Å². The van der Waals surface area contributed by atoms with Gasteiger partial charge >= 0.3 is 0 Å². The Morgan fingerprint density at radius 2 is 2.54 bits per heavy atom. The molecule has 0 aromatic rings. The van der Waals surface area contributed by atoms with Crippen molar-refractivity contribution in [3.05, 3.63) is 11.9 Å². The van der Waals surface area contributed by atoms with Crippen LogP contribution in [0.25, 0.3) is 0 Å². The van der Waals surface area contributed by atoms with Crippen molar-refractivity contribution < 1.29 is 9.90 Å². The molecule has 0 saturated carbocycles. The summed E-state index contributed by atoms with van der Waals surface area (Å²) in [7, 11) is 1.66. The Kier molecular flexibility index (Phi) is 3.10. The number of aliphatic hydroxyl groups excluding tert-OH is 1. The van der Waals surface area contributed by atoms with Gasteiger partial charge in [-0.15, -0.1) is 0 Å². The quantitative estimate of drug-likeness (QED) is 0.398.